The third-order valence-electron chi connectivity index (χ3n) is 3.62. The van der Waals surface area contributed by atoms with E-state index in [9.17, 15) is 13.5 Å². The van der Waals surface area contributed by atoms with Crippen LogP contribution in [0.4, 0.5) is 0 Å². The smallest absolute Gasteiger partial charge is 0.147 e. The van der Waals surface area contributed by atoms with E-state index in [1.54, 1.807) is 0 Å². The maximum Gasteiger partial charge on any atom is 0.147 e. The Morgan fingerprint density at radius 3 is 2.47 bits per heavy atom. The lowest BCUT2D eigenvalue weighted by Gasteiger charge is -2.27. The molecule has 1 rings (SSSR count). The Morgan fingerprint density at radius 2 is 1.94 bits per heavy atom. The lowest BCUT2D eigenvalue weighted by atomic mass is 9.92. The van der Waals surface area contributed by atoms with Crippen LogP contribution in [0.5, 0.6) is 0 Å². The first-order chi connectivity index (χ1) is 7.72. The van der Waals surface area contributed by atoms with Crippen molar-refractivity contribution in [3.05, 3.63) is 0 Å². The molecule has 0 aromatic heterocycles. The van der Waals surface area contributed by atoms with Crippen molar-refractivity contribution in [1.29, 1.82) is 0 Å². The zero-order valence-electron chi connectivity index (χ0n) is 11.1. The van der Waals surface area contributed by atoms with Gasteiger partial charge in [0, 0.05) is 18.8 Å². The monoisotopic (exact) mass is 263 g/mol. The summed E-state index contributed by atoms with van der Waals surface area (Å²) in [7, 11) is -2.98. The minimum atomic E-state index is -2.98. The second-order valence-corrected chi connectivity index (χ2v) is 7.85. The van der Waals surface area contributed by atoms with Crippen molar-refractivity contribution in [3.63, 3.8) is 0 Å². The first-order valence-corrected chi connectivity index (χ1v) is 8.42. The van der Waals surface area contributed by atoms with Crippen molar-refractivity contribution in [3.8, 4) is 0 Å². The van der Waals surface area contributed by atoms with Gasteiger partial charge in [0.25, 0.3) is 0 Å². The van der Waals surface area contributed by atoms with Gasteiger partial charge in [-0.25, -0.2) is 8.42 Å². The number of rotatable bonds is 4. The minimum absolute atomic E-state index is 0.0885. The summed E-state index contributed by atoms with van der Waals surface area (Å²) >= 11 is 0. The molecule has 1 unspecified atom stereocenters. The minimum Gasteiger partial charge on any atom is -0.390 e. The highest BCUT2D eigenvalue weighted by Gasteiger charge is 2.31. The first-order valence-electron chi connectivity index (χ1n) is 6.36. The van der Waals surface area contributed by atoms with Crippen LogP contribution in [0.15, 0.2) is 0 Å². The summed E-state index contributed by atoms with van der Waals surface area (Å²) in [5.41, 5.74) is -0.785. The second kappa shape index (κ2) is 5.67. The van der Waals surface area contributed by atoms with Gasteiger partial charge in [-0.3, -0.25) is 0 Å². The first kappa shape index (κ1) is 14.9. The van der Waals surface area contributed by atoms with Gasteiger partial charge in [-0.15, -0.1) is 0 Å². The average molecular weight is 263 g/mol. The number of likely N-dealkylation sites (tertiary alicyclic amines) is 1. The second-order valence-electron chi connectivity index (χ2n) is 5.59. The summed E-state index contributed by atoms with van der Waals surface area (Å²) in [4.78, 5) is 2.35. The molecule has 0 bridgehead atoms. The number of nitrogens with zero attached hydrogens (tertiary/aromatic N) is 1. The number of hydrogen-bond acceptors (Lipinski definition) is 4. The Labute approximate surface area is 105 Å². The molecule has 1 saturated heterocycles. The van der Waals surface area contributed by atoms with Crippen LogP contribution in [-0.2, 0) is 9.84 Å². The van der Waals surface area contributed by atoms with Gasteiger partial charge in [-0.05, 0) is 46.1 Å². The Kier molecular flexibility index (Phi) is 4.98. The maximum atomic E-state index is 11.2. The molecule has 1 aliphatic rings. The zero-order chi connectivity index (χ0) is 13.1. The van der Waals surface area contributed by atoms with E-state index in [1.807, 2.05) is 0 Å². The van der Waals surface area contributed by atoms with Gasteiger partial charge in [-0.1, -0.05) is 0 Å². The van der Waals surface area contributed by atoms with Gasteiger partial charge in [0.2, 0.25) is 0 Å². The molecule has 0 aromatic rings. The predicted molar refractivity (Wildman–Crippen MR) is 69.8 cm³/mol. The summed E-state index contributed by atoms with van der Waals surface area (Å²) in [6, 6.07) is 0.493. The third kappa shape index (κ3) is 5.36. The van der Waals surface area contributed by atoms with E-state index in [2.05, 4.69) is 18.7 Å². The van der Waals surface area contributed by atoms with Gasteiger partial charge >= 0.3 is 0 Å². The van der Waals surface area contributed by atoms with Gasteiger partial charge in [0.05, 0.1) is 11.4 Å². The SMILES string of the molecule is CC(C)N1CCCC(O)(CCS(C)(=O)=O)CC1. The van der Waals surface area contributed by atoms with Crippen molar-refractivity contribution in [2.45, 2.75) is 51.2 Å². The van der Waals surface area contributed by atoms with E-state index in [-0.39, 0.29) is 5.75 Å². The predicted octanol–water partition coefficient (Wildman–Crippen LogP) is 1.05. The lowest BCUT2D eigenvalue weighted by molar-refractivity contribution is 0.0216. The summed E-state index contributed by atoms with van der Waals surface area (Å²) in [5, 5.41) is 10.4. The third-order valence-corrected chi connectivity index (χ3v) is 4.57. The lowest BCUT2D eigenvalue weighted by Crippen LogP contribution is -2.35. The van der Waals surface area contributed by atoms with Crippen LogP contribution in [-0.4, -0.2) is 55.2 Å². The van der Waals surface area contributed by atoms with Crippen LogP contribution in [0.3, 0.4) is 0 Å². The molecule has 4 nitrogen and oxygen atoms in total. The van der Waals surface area contributed by atoms with Gasteiger partial charge < -0.3 is 10.0 Å². The van der Waals surface area contributed by atoms with E-state index >= 15 is 0 Å². The molecule has 0 radical (unpaired) electrons. The summed E-state index contributed by atoms with van der Waals surface area (Å²) in [6.07, 6.45) is 3.94. The molecule has 102 valence electrons. The van der Waals surface area contributed by atoms with Crippen LogP contribution >= 0.6 is 0 Å². The summed E-state index contributed by atoms with van der Waals surface area (Å²) < 4.78 is 22.3. The fourth-order valence-corrected chi connectivity index (χ4v) is 3.09. The van der Waals surface area contributed by atoms with Crippen molar-refractivity contribution >= 4 is 9.84 Å². The Bertz CT molecular complexity index is 340. The van der Waals surface area contributed by atoms with Crippen LogP contribution < -0.4 is 0 Å². The van der Waals surface area contributed by atoms with Crippen LogP contribution in [0.2, 0.25) is 0 Å². The quantitative estimate of drug-likeness (QED) is 0.823. The molecule has 5 heteroatoms. The van der Waals surface area contributed by atoms with Gasteiger partial charge in [0.1, 0.15) is 9.84 Å². The summed E-state index contributed by atoms with van der Waals surface area (Å²) in [6.45, 7) is 6.17. The van der Waals surface area contributed by atoms with Crippen molar-refractivity contribution in [2.75, 3.05) is 25.1 Å². The van der Waals surface area contributed by atoms with Crippen molar-refractivity contribution in [1.82, 2.24) is 4.90 Å². The normalized spacial score (nSPS) is 28.3. The molecule has 0 aliphatic carbocycles. The zero-order valence-corrected chi connectivity index (χ0v) is 12.0. The molecule has 1 heterocycles. The molecule has 0 aromatic carbocycles. The molecular weight excluding hydrogens is 238 g/mol. The highest BCUT2D eigenvalue weighted by Crippen LogP contribution is 2.26. The molecule has 0 spiro atoms. The number of sulfone groups is 1. The van der Waals surface area contributed by atoms with E-state index in [0.29, 0.717) is 25.3 Å². The average Bonchev–Trinajstić information content (AvgIpc) is 2.37. The van der Waals surface area contributed by atoms with Crippen molar-refractivity contribution < 1.29 is 13.5 Å². The molecular formula is C12H25NO3S. The molecule has 1 fully saturated rings. The standard InChI is InChI=1S/C12H25NO3S/c1-11(2)13-8-4-5-12(14,6-9-13)7-10-17(3,15)16/h11,14H,4-10H2,1-3H3. The van der Waals surface area contributed by atoms with E-state index in [1.165, 1.54) is 6.26 Å². The van der Waals surface area contributed by atoms with E-state index in [0.717, 1.165) is 19.5 Å². The van der Waals surface area contributed by atoms with E-state index < -0.39 is 15.4 Å². The molecule has 0 saturated carbocycles. The largest absolute Gasteiger partial charge is 0.390 e. The Balaban J connectivity index is 2.54. The maximum absolute atomic E-state index is 11.2. The fraction of sp³-hybridized carbons (Fsp3) is 1.00. The van der Waals surface area contributed by atoms with Crippen LogP contribution in [0.25, 0.3) is 0 Å². The van der Waals surface area contributed by atoms with Gasteiger partial charge in [0.15, 0.2) is 0 Å². The van der Waals surface area contributed by atoms with Crippen LogP contribution in [0.1, 0.15) is 39.5 Å². The van der Waals surface area contributed by atoms with Gasteiger partial charge in [-0.2, -0.15) is 0 Å². The molecule has 1 atom stereocenters. The number of hydrogen-bond donors (Lipinski definition) is 1. The molecule has 1 N–H and O–H groups in total. The molecule has 1 aliphatic heterocycles. The fourth-order valence-electron chi connectivity index (χ4n) is 2.34. The van der Waals surface area contributed by atoms with Crippen LogP contribution in [0, 0.1) is 0 Å². The topological polar surface area (TPSA) is 57.6 Å². The van der Waals surface area contributed by atoms with E-state index in [4.69, 9.17) is 0 Å². The highest BCUT2D eigenvalue weighted by atomic mass is 32.2. The highest BCUT2D eigenvalue weighted by molar-refractivity contribution is 7.90. The Morgan fingerprint density at radius 1 is 1.29 bits per heavy atom. The molecule has 0 amide bonds. The summed E-state index contributed by atoms with van der Waals surface area (Å²) in [5.74, 6) is 0.0885. The van der Waals surface area contributed by atoms with Crippen molar-refractivity contribution in [2.24, 2.45) is 0 Å². The molecule has 17 heavy (non-hydrogen) atoms. The number of aliphatic hydroxyl groups is 1. The Hall–Kier alpha value is -0.130.